The second kappa shape index (κ2) is 5.11. The highest BCUT2D eigenvalue weighted by Gasteiger charge is 2.31. The summed E-state index contributed by atoms with van der Waals surface area (Å²) in [6, 6.07) is 0. The first-order valence-electron chi connectivity index (χ1n) is 5.15. The Morgan fingerprint density at radius 3 is 2.47 bits per heavy atom. The molecule has 1 aliphatic rings. The van der Waals surface area contributed by atoms with E-state index in [1.54, 1.807) is 4.90 Å². The van der Waals surface area contributed by atoms with Gasteiger partial charge in [0, 0.05) is 32.0 Å². The van der Waals surface area contributed by atoms with Crippen molar-refractivity contribution in [1.29, 1.82) is 0 Å². The van der Waals surface area contributed by atoms with E-state index in [0.29, 0.717) is 19.0 Å². The first kappa shape index (κ1) is 12.0. The summed E-state index contributed by atoms with van der Waals surface area (Å²) in [5, 5.41) is 17.5. The predicted molar refractivity (Wildman–Crippen MR) is 53.2 cm³/mol. The largest absolute Gasteiger partial charge is 0.481 e. The van der Waals surface area contributed by atoms with Crippen molar-refractivity contribution in [2.24, 2.45) is 11.8 Å². The van der Waals surface area contributed by atoms with E-state index in [4.69, 9.17) is 10.2 Å². The van der Waals surface area contributed by atoms with Gasteiger partial charge in [-0.25, -0.2) is 0 Å². The molecule has 0 aromatic carbocycles. The third-order valence-corrected chi connectivity index (χ3v) is 2.91. The van der Waals surface area contributed by atoms with Crippen molar-refractivity contribution in [3.05, 3.63) is 0 Å². The lowest BCUT2D eigenvalue weighted by Crippen LogP contribution is -2.29. The molecule has 1 saturated heterocycles. The summed E-state index contributed by atoms with van der Waals surface area (Å²) >= 11 is 0. The molecule has 0 aliphatic carbocycles. The molecular formula is C10H17NO4. The quantitative estimate of drug-likeness (QED) is 0.688. The average Bonchev–Trinajstić information content (AvgIpc) is 2.56. The fourth-order valence-corrected chi connectivity index (χ4v) is 1.85. The van der Waals surface area contributed by atoms with Crippen LogP contribution in [-0.2, 0) is 9.59 Å². The van der Waals surface area contributed by atoms with Crippen molar-refractivity contribution in [1.82, 2.24) is 4.90 Å². The van der Waals surface area contributed by atoms with Gasteiger partial charge in [0.2, 0.25) is 5.91 Å². The minimum Gasteiger partial charge on any atom is -0.481 e. The van der Waals surface area contributed by atoms with Crippen LogP contribution in [0.3, 0.4) is 0 Å². The van der Waals surface area contributed by atoms with Crippen LogP contribution < -0.4 is 0 Å². The van der Waals surface area contributed by atoms with Crippen LogP contribution in [0.15, 0.2) is 0 Å². The lowest BCUT2D eigenvalue weighted by Gasteiger charge is -2.15. The molecule has 1 rings (SSSR count). The smallest absolute Gasteiger partial charge is 0.303 e. The Hall–Kier alpha value is -1.10. The zero-order chi connectivity index (χ0) is 11.4. The topological polar surface area (TPSA) is 77.8 Å². The molecular weight excluding hydrogens is 198 g/mol. The molecule has 0 spiro atoms. The number of amides is 1. The molecule has 2 atom stereocenters. The van der Waals surface area contributed by atoms with Crippen molar-refractivity contribution in [2.75, 3.05) is 19.7 Å². The minimum atomic E-state index is -0.950. The van der Waals surface area contributed by atoms with Crippen LogP contribution in [-0.4, -0.2) is 46.7 Å². The van der Waals surface area contributed by atoms with Gasteiger partial charge >= 0.3 is 5.97 Å². The number of aliphatic carboxylic acids is 1. The number of hydrogen-bond acceptors (Lipinski definition) is 3. The zero-order valence-corrected chi connectivity index (χ0v) is 8.85. The molecule has 1 fully saturated rings. The van der Waals surface area contributed by atoms with Gasteiger partial charge in [-0.05, 0) is 5.92 Å². The maximum Gasteiger partial charge on any atom is 0.303 e. The van der Waals surface area contributed by atoms with Gasteiger partial charge in [0.15, 0.2) is 0 Å². The normalized spacial score (nSPS) is 25.6. The standard InChI is InChI=1S/C10H17NO4/c1-7-4-11(5-8(7)6-12)9(13)2-3-10(14)15/h7-8,12H,2-6H2,1H3,(H,14,15)/t7-,8-/m1/s1. The lowest BCUT2D eigenvalue weighted by molar-refractivity contribution is -0.140. The third kappa shape index (κ3) is 3.20. The summed E-state index contributed by atoms with van der Waals surface area (Å²) in [5.74, 6) is -0.642. The molecule has 1 aliphatic heterocycles. The van der Waals surface area contributed by atoms with Crippen molar-refractivity contribution in [3.8, 4) is 0 Å². The van der Waals surface area contributed by atoms with Crippen LogP contribution in [0.25, 0.3) is 0 Å². The highest BCUT2D eigenvalue weighted by Crippen LogP contribution is 2.22. The van der Waals surface area contributed by atoms with Gasteiger partial charge in [-0.3, -0.25) is 9.59 Å². The minimum absolute atomic E-state index is 0.0558. The van der Waals surface area contributed by atoms with E-state index in [-0.39, 0.29) is 31.3 Å². The summed E-state index contributed by atoms with van der Waals surface area (Å²) in [7, 11) is 0. The Morgan fingerprint density at radius 1 is 1.33 bits per heavy atom. The first-order valence-corrected chi connectivity index (χ1v) is 5.15. The number of carbonyl (C=O) groups excluding carboxylic acids is 1. The van der Waals surface area contributed by atoms with Gasteiger partial charge < -0.3 is 15.1 Å². The van der Waals surface area contributed by atoms with Crippen LogP contribution in [0.2, 0.25) is 0 Å². The highest BCUT2D eigenvalue weighted by atomic mass is 16.4. The number of likely N-dealkylation sites (tertiary alicyclic amines) is 1. The molecule has 2 N–H and O–H groups in total. The van der Waals surface area contributed by atoms with E-state index in [2.05, 4.69) is 0 Å². The van der Waals surface area contributed by atoms with Crippen molar-refractivity contribution in [2.45, 2.75) is 19.8 Å². The summed E-state index contributed by atoms with van der Waals surface area (Å²) in [4.78, 5) is 23.5. The number of aliphatic hydroxyl groups excluding tert-OH is 1. The molecule has 0 radical (unpaired) electrons. The van der Waals surface area contributed by atoms with Crippen LogP contribution in [0.1, 0.15) is 19.8 Å². The number of aliphatic hydroxyl groups is 1. The Labute approximate surface area is 88.7 Å². The van der Waals surface area contributed by atoms with Crippen LogP contribution in [0, 0.1) is 11.8 Å². The Kier molecular flexibility index (Phi) is 4.08. The maximum atomic E-state index is 11.5. The van der Waals surface area contributed by atoms with Gasteiger partial charge in [0.1, 0.15) is 0 Å². The first-order chi connectivity index (χ1) is 7.04. The third-order valence-electron chi connectivity index (χ3n) is 2.91. The SMILES string of the molecule is C[C@@H]1CN(C(=O)CCC(=O)O)C[C@@H]1CO. The Bertz CT molecular complexity index is 254. The van der Waals surface area contributed by atoms with Crippen molar-refractivity contribution < 1.29 is 19.8 Å². The molecule has 0 unspecified atom stereocenters. The van der Waals surface area contributed by atoms with Gasteiger partial charge in [0.25, 0.3) is 0 Å². The molecule has 1 amide bonds. The Balaban J connectivity index is 2.39. The number of carboxylic acids is 1. The molecule has 15 heavy (non-hydrogen) atoms. The Morgan fingerprint density at radius 2 is 2.00 bits per heavy atom. The second-order valence-electron chi connectivity index (χ2n) is 4.11. The summed E-state index contributed by atoms with van der Waals surface area (Å²) < 4.78 is 0. The molecule has 86 valence electrons. The molecule has 5 nitrogen and oxygen atoms in total. The fourth-order valence-electron chi connectivity index (χ4n) is 1.85. The highest BCUT2D eigenvalue weighted by molar-refractivity contribution is 5.80. The summed E-state index contributed by atoms with van der Waals surface area (Å²) in [5.41, 5.74) is 0. The van der Waals surface area contributed by atoms with E-state index in [9.17, 15) is 9.59 Å². The van der Waals surface area contributed by atoms with Crippen LogP contribution in [0.5, 0.6) is 0 Å². The predicted octanol–water partition coefficient (Wildman–Crippen LogP) is -0.0620. The molecule has 1 heterocycles. The van der Waals surface area contributed by atoms with E-state index in [0.717, 1.165) is 0 Å². The van der Waals surface area contributed by atoms with Gasteiger partial charge in [-0.1, -0.05) is 6.92 Å². The van der Waals surface area contributed by atoms with Crippen molar-refractivity contribution >= 4 is 11.9 Å². The second-order valence-corrected chi connectivity index (χ2v) is 4.11. The number of hydrogen-bond donors (Lipinski definition) is 2. The van der Waals surface area contributed by atoms with Gasteiger partial charge in [-0.15, -0.1) is 0 Å². The van der Waals surface area contributed by atoms with E-state index in [1.165, 1.54) is 0 Å². The zero-order valence-electron chi connectivity index (χ0n) is 8.85. The van der Waals surface area contributed by atoms with Crippen LogP contribution in [0.4, 0.5) is 0 Å². The number of rotatable bonds is 4. The molecule has 0 aromatic rings. The van der Waals surface area contributed by atoms with Crippen molar-refractivity contribution in [3.63, 3.8) is 0 Å². The van der Waals surface area contributed by atoms with Gasteiger partial charge in [0.05, 0.1) is 6.42 Å². The maximum absolute atomic E-state index is 11.5. The molecule has 0 aromatic heterocycles. The number of nitrogens with zero attached hydrogens (tertiary/aromatic N) is 1. The summed E-state index contributed by atoms with van der Waals surface area (Å²) in [6.45, 7) is 3.26. The van der Waals surface area contributed by atoms with E-state index >= 15 is 0 Å². The van der Waals surface area contributed by atoms with E-state index in [1.807, 2.05) is 6.92 Å². The molecule has 5 heteroatoms. The fraction of sp³-hybridized carbons (Fsp3) is 0.800. The molecule has 0 bridgehead atoms. The summed E-state index contributed by atoms with van der Waals surface area (Å²) in [6.07, 6.45) is -0.0618. The lowest BCUT2D eigenvalue weighted by atomic mass is 10.00. The number of carbonyl (C=O) groups is 2. The monoisotopic (exact) mass is 215 g/mol. The van der Waals surface area contributed by atoms with Gasteiger partial charge in [-0.2, -0.15) is 0 Å². The van der Waals surface area contributed by atoms with E-state index < -0.39 is 5.97 Å². The van der Waals surface area contributed by atoms with Crippen LogP contribution >= 0.6 is 0 Å². The number of carboxylic acid groups (broad SMARTS) is 1. The molecule has 0 saturated carbocycles. The average molecular weight is 215 g/mol.